The molecular weight excluding hydrogens is 316 g/mol. The number of halogens is 3. The molecule has 3 nitrogen and oxygen atoms in total. The number of rotatable bonds is 4. The van der Waals surface area contributed by atoms with Gasteiger partial charge in [0.2, 0.25) is 0 Å². The fraction of sp³-hybridized carbons (Fsp3) is 0.308. The maximum atomic E-state index is 13.8. The van der Waals surface area contributed by atoms with E-state index in [4.69, 9.17) is 0 Å². The lowest BCUT2D eigenvalue weighted by molar-refractivity contribution is 0.580. The molecule has 1 saturated carbocycles. The van der Waals surface area contributed by atoms with Crippen molar-refractivity contribution in [2.24, 2.45) is 0 Å². The SMILES string of the molecule is Fc1cc(-n2ccc(CNC3CC3)n2)c(F)cc1Br. The van der Waals surface area contributed by atoms with Crippen LogP contribution in [0, 0.1) is 11.6 Å². The first-order valence-electron chi connectivity index (χ1n) is 6.06. The van der Waals surface area contributed by atoms with E-state index in [2.05, 4.69) is 26.3 Å². The highest BCUT2D eigenvalue weighted by molar-refractivity contribution is 9.10. The summed E-state index contributed by atoms with van der Waals surface area (Å²) < 4.78 is 28.7. The largest absolute Gasteiger partial charge is 0.308 e. The molecule has 6 heteroatoms. The summed E-state index contributed by atoms with van der Waals surface area (Å²) in [5.41, 5.74) is 0.924. The Hall–Kier alpha value is -1.27. The van der Waals surface area contributed by atoms with Crippen LogP contribution in [0.25, 0.3) is 5.69 Å². The Balaban J connectivity index is 1.83. The van der Waals surface area contributed by atoms with Gasteiger partial charge in [0, 0.05) is 24.8 Å². The van der Waals surface area contributed by atoms with Gasteiger partial charge in [-0.15, -0.1) is 0 Å². The first-order valence-corrected chi connectivity index (χ1v) is 6.85. The first-order chi connectivity index (χ1) is 9.13. The number of aromatic nitrogens is 2. The lowest BCUT2D eigenvalue weighted by atomic mass is 10.3. The van der Waals surface area contributed by atoms with Crippen LogP contribution in [-0.2, 0) is 6.54 Å². The minimum absolute atomic E-state index is 0.108. The second-order valence-corrected chi connectivity index (χ2v) is 5.48. The van der Waals surface area contributed by atoms with Crippen LogP contribution in [0.5, 0.6) is 0 Å². The summed E-state index contributed by atoms with van der Waals surface area (Å²) in [6.45, 7) is 0.651. The van der Waals surface area contributed by atoms with Crippen molar-refractivity contribution in [1.29, 1.82) is 0 Å². The van der Waals surface area contributed by atoms with Gasteiger partial charge < -0.3 is 5.32 Å². The highest BCUT2D eigenvalue weighted by Crippen LogP contribution is 2.22. The first kappa shape index (κ1) is 12.7. The maximum Gasteiger partial charge on any atom is 0.150 e. The van der Waals surface area contributed by atoms with Gasteiger partial charge >= 0.3 is 0 Å². The maximum absolute atomic E-state index is 13.8. The highest BCUT2D eigenvalue weighted by atomic mass is 79.9. The third-order valence-corrected chi connectivity index (χ3v) is 3.64. The smallest absolute Gasteiger partial charge is 0.150 e. The average Bonchev–Trinajstić information content (AvgIpc) is 3.09. The van der Waals surface area contributed by atoms with Crippen LogP contribution in [0.4, 0.5) is 8.78 Å². The van der Waals surface area contributed by atoms with Crippen molar-refractivity contribution < 1.29 is 8.78 Å². The van der Waals surface area contributed by atoms with Gasteiger partial charge in [0.05, 0.1) is 10.2 Å². The fourth-order valence-corrected chi connectivity index (χ4v) is 2.13. The molecule has 1 aromatic carbocycles. The lowest BCUT2D eigenvalue weighted by Crippen LogP contribution is -2.15. The molecule has 1 aromatic heterocycles. The molecule has 1 aliphatic rings. The van der Waals surface area contributed by atoms with Crippen LogP contribution < -0.4 is 5.32 Å². The van der Waals surface area contributed by atoms with Crippen LogP contribution in [0.15, 0.2) is 28.9 Å². The molecule has 0 spiro atoms. The van der Waals surface area contributed by atoms with Gasteiger partial charge in [-0.3, -0.25) is 0 Å². The summed E-state index contributed by atoms with van der Waals surface area (Å²) in [5, 5.41) is 7.57. The van der Waals surface area contributed by atoms with Crippen molar-refractivity contribution in [1.82, 2.24) is 15.1 Å². The molecule has 0 aliphatic heterocycles. The lowest BCUT2D eigenvalue weighted by Gasteiger charge is -2.05. The van der Waals surface area contributed by atoms with Gasteiger partial charge in [-0.1, -0.05) is 0 Å². The average molecular weight is 328 g/mol. The molecule has 3 rings (SSSR count). The number of hydrogen-bond donors (Lipinski definition) is 1. The molecular formula is C13H12BrF2N3. The Kier molecular flexibility index (Phi) is 3.36. The monoisotopic (exact) mass is 327 g/mol. The molecule has 1 heterocycles. The summed E-state index contributed by atoms with van der Waals surface area (Å²) in [6.07, 6.45) is 4.04. The summed E-state index contributed by atoms with van der Waals surface area (Å²) in [4.78, 5) is 0. The second-order valence-electron chi connectivity index (χ2n) is 4.62. The summed E-state index contributed by atoms with van der Waals surface area (Å²) in [6, 6.07) is 4.63. The molecule has 0 atom stereocenters. The van der Waals surface area contributed by atoms with Crippen molar-refractivity contribution in [3.63, 3.8) is 0 Å². The Bertz CT molecular complexity index is 608. The van der Waals surface area contributed by atoms with Crippen molar-refractivity contribution in [3.05, 3.63) is 46.2 Å². The third kappa shape index (κ3) is 2.84. The standard InChI is InChI=1S/C13H12BrF2N3/c14-10-5-12(16)13(6-11(10)15)19-4-3-9(18-19)7-17-8-1-2-8/h3-6,8,17H,1-2,7H2. The van der Waals surface area contributed by atoms with Crippen molar-refractivity contribution >= 4 is 15.9 Å². The Morgan fingerprint density at radius 1 is 1.32 bits per heavy atom. The predicted octanol–water partition coefficient (Wildman–Crippen LogP) is 3.17. The normalized spacial score (nSPS) is 14.9. The summed E-state index contributed by atoms with van der Waals surface area (Å²) in [7, 11) is 0. The van der Waals surface area contributed by atoms with Crippen molar-refractivity contribution in [2.75, 3.05) is 0 Å². The zero-order chi connectivity index (χ0) is 13.4. The van der Waals surface area contributed by atoms with Crippen LogP contribution in [-0.4, -0.2) is 15.8 Å². The summed E-state index contributed by atoms with van der Waals surface area (Å²) in [5.74, 6) is -1.03. The van der Waals surface area contributed by atoms with Gasteiger partial charge in [0.1, 0.15) is 17.3 Å². The van der Waals surface area contributed by atoms with E-state index in [-0.39, 0.29) is 10.2 Å². The molecule has 0 unspecified atom stereocenters. The highest BCUT2D eigenvalue weighted by Gasteiger charge is 2.20. The van der Waals surface area contributed by atoms with Gasteiger partial charge in [0.15, 0.2) is 0 Å². The van der Waals surface area contributed by atoms with E-state index < -0.39 is 11.6 Å². The number of nitrogens with one attached hydrogen (secondary N) is 1. The third-order valence-electron chi connectivity index (χ3n) is 3.03. The van der Waals surface area contributed by atoms with E-state index >= 15 is 0 Å². The van der Waals surface area contributed by atoms with Crippen LogP contribution in [0.2, 0.25) is 0 Å². The molecule has 0 radical (unpaired) electrons. The molecule has 2 aromatic rings. The van der Waals surface area contributed by atoms with Gasteiger partial charge in [0.25, 0.3) is 0 Å². The molecule has 19 heavy (non-hydrogen) atoms. The fourth-order valence-electron chi connectivity index (χ4n) is 1.81. The van der Waals surface area contributed by atoms with Crippen LogP contribution in [0.1, 0.15) is 18.5 Å². The van der Waals surface area contributed by atoms with Crippen LogP contribution >= 0.6 is 15.9 Å². The summed E-state index contributed by atoms with van der Waals surface area (Å²) >= 11 is 2.95. The number of nitrogens with zero attached hydrogens (tertiary/aromatic N) is 2. The van der Waals surface area contributed by atoms with E-state index in [1.54, 1.807) is 12.3 Å². The number of hydrogen-bond acceptors (Lipinski definition) is 2. The molecule has 100 valence electrons. The topological polar surface area (TPSA) is 29.9 Å². The molecule has 1 N–H and O–H groups in total. The van der Waals surface area contributed by atoms with Gasteiger partial charge in [-0.25, -0.2) is 13.5 Å². The Morgan fingerprint density at radius 3 is 2.84 bits per heavy atom. The zero-order valence-electron chi connectivity index (χ0n) is 10.0. The van der Waals surface area contributed by atoms with E-state index in [9.17, 15) is 8.78 Å². The Morgan fingerprint density at radius 2 is 2.11 bits per heavy atom. The molecule has 1 aliphatic carbocycles. The van der Waals surface area contributed by atoms with Crippen molar-refractivity contribution in [2.45, 2.75) is 25.4 Å². The van der Waals surface area contributed by atoms with E-state index in [1.165, 1.54) is 17.5 Å². The number of benzene rings is 1. The van der Waals surface area contributed by atoms with E-state index in [1.807, 2.05) is 0 Å². The second kappa shape index (κ2) is 5.02. The Labute approximate surface area is 117 Å². The zero-order valence-corrected chi connectivity index (χ0v) is 11.6. The van der Waals surface area contributed by atoms with Gasteiger partial charge in [-0.2, -0.15) is 5.10 Å². The minimum atomic E-state index is -0.516. The molecule has 0 saturated heterocycles. The minimum Gasteiger partial charge on any atom is -0.308 e. The molecule has 0 bridgehead atoms. The predicted molar refractivity (Wildman–Crippen MR) is 71.0 cm³/mol. The van der Waals surface area contributed by atoms with Gasteiger partial charge in [-0.05, 0) is 40.9 Å². The molecule has 0 amide bonds. The van der Waals surface area contributed by atoms with E-state index in [0.717, 1.165) is 17.8 Å². The van der Waals surface area contributed by atoms with E-state index in [0.29, 0.717) is 12.6 Å². The quantitative estimate of drug-likeness (QED) is 0.874. The van der Waals surface area contributed by atoms with Crippen molar-refractivity contribution in [3.8, 4) is 5.69 Å². The van der Waals surface area contributed by atoms with Crippen LogP contribution in [0.3, 0.4) is 0 Å². The molecule has 1 fully saturated rings.